The van der Waals surface area contributed by atoms with Gasteiger partial charge in [0.2, 0.25) is 0 Å². The highest BCUT2D eigenvalue weighted by Gasteiger charge is 2.14. The maximum Gasteiger partial charge on any atom is 0.173 e. The molecule has 0 spiro atoms. The van der Waals surface area contributed by atoms with Gasteiger partial charge in [0.15, 0.2) is 5.78 Å². The third kappa shape index (κ3) is 2.38. The fraction of sp³-hybridized carbons (Fsp3) is 0.250. The van der Waals surface area contributed by atoms with Crippen LogP contribution in [-0.2, 0) is 13.5 Å². The van der Waals surface area contributed by atoms with Gasteiger partial charge in [-0.2, -0.15) is 5.10 Å². The smallest absolute Gasteiger partial charge is 0.173 e. The summed E-state index contributed by atoms with van der Waals surface area (Å²) in [5, 5.41) is 3.86. The van der Waals surface area contributed by atoms with Crippen molar-refractivity contribution < 1.29 is 9.18 Å². The fourth-order valence-corrected chi connectivity index (χ4v) is 1.57. The van der Waals surface area contributed by atoms with Crippen LogP contribution in [0.3, 0.4) is 0 Å². The first-order valence-corrected chi connectivity index (χ1v) is 5.20. The molecule has 0 N–H and O–H groups in total. The molecule has 5 heteroatoms. The van der Waals surface area contributed by atoms with E-state index in [0.29, 0.717) is 5.82 Å². The number of hydrogen-bond donors (Lipinski definition) is 0. The number of ketones is 1. The molecule has 0 amide bonds. The molecule has 2 rings (SSSR count). The minimum absolute atomic E-state index is 0.0525. The second-order valence-electron chi connectivity index (χ2n) is 3.88. The molecule has 0 radical (unpaired) electrons. The van der Waals surface area contributed by atoms with Crippen molar-refractivity contribution in [3.63, 3.8) is 0 Å². The summed E-state index contributed by atoms with van der Waals surface area (Å²) in [6.45, 7) is 1.82. The Bertz CT molecular complexity index is 563. The highest BCUT2D eigenvalue weighted by Crippen LogP contribution is 2.12. The summed E-state index contributed by atoms with van der Waals surface area (Å²) in [5.74, 6) is -0.263. The highest BCUT2D eigenvalue weighted by atomic mass is 19.1. The molecule has 2 aromatic rings. The van der Waals surface area contributed by atoms with Crippen LogP contribution >= 0.6 is 0 Å². The molecule has 0 atom stereocenters. The first kappa shape index (κ1) is 11.4. The van der Waals surface area contributed by atoms with Gasteiger partial charge in [-0.15, -0.1) is 0 Å². The number of Topliss-reactive ketones (excluding diaryl/α,β-unsaturated/α-hetero) is 1. The number of carbonyl (C=O) groups is 1. The van der Waals surface area contributed by atoms with Crippen LogP contribution in [0.25, 0.3) is 0 Å². The lowest BCUT2D eigenvalue weighted by atomic mass is 10.0. The number of aromatic nitrogens is 3. The van der Waals surface area contributed by atoms with Gasteiger partial charge >= 0.3 is 0 Å². The van der Waals surface area contributed by atoms with Crippen molar-refractivity contribution in [1.29, 1.82) is 0 Å². The van der Waals surface area contributed by atoms with E-state index in [1.807, 2.05) is 6.92 Å². The molecule has 1 heterocycles. The van der Waals surface area contributed by atoms with Crippen LogP contribution in [0.4, 0.5) is 4.39 Å². The molecule has 1 aromatic carbocycles. The summed E-state index contributed by atoms with van der Waals surface area (Å²) in [4.78, 5) is 15.9. The van der Waals surface area contributed by atoms with Crippen molar-refractivity contribution in [1.82, 2.24) is 14.8 Å². The van der Waals surface area contributed by atoms with Gasteiger partial charge in [-0.25, -0.2) is 9.37 Å². The third-order valence-electron chi connectivity index (χ3n) is 2.55. The first-order chi connectivity index (χ1) is 8.08. The molecule has 0 aliphatic rings. The molecule has 17 heavy (non-hydrogen) atoms. The number of carbonyl (C=O) groups excluding carboxylic acids is 1. The van der Waals surface area contributed by atoms with E-state index in [2.05, 4.69) is 10.1 Å². The molecule has 0 aliphatic heterocycles. The summed E-state index contributed by atoms with van der Waals surface area (Å²) in [6.07, 6.45) is 1.42. The topological polar surface area (TPSA) is 47.8 Å². The van der Waals surface area contributed by atoms with E-state index in [0.717, 1.165) is 5.56 Å². The SMILES string of the molecule is Cc1ccc(F)c(C(=O)Cc2ncnn2C)c1. The third-order valence-corrected chi connectivity index (χ3v) is 2.55. The lowest BCUT2D eigenvalue weighted by Gasteiger charge is -2.03. The average Bonchev–Trinajstić information content (AvgIpc) is 2.68. The summed E-state index contributed by atoms with van der Waals surface area (Å²) in [7, 11) is 1.70. The first-order valence-electron chi connectivity index (χ1n) is 5.20. The predicted molar refractivity (Wildman–Crippen MR) is 60.2 cm³/mol. The largest absolute Gasteiger partial charge is 0.294 e. The van der Waals surface area contributed by atoms with Crippen LogP contribution in [0.5, 0.6) is 0 Å². The molecule has 88 valence electrons. The van der Waals surface area contributed by atoms with Gasteiger partial charge in [-0.05, 0) is 19.1 Å². The van der Waals surface area contributed by atoms with Crippen molar-refractivity contribution in [3.05, 3.63) is 47.3 Å². The fourth-order valence-electron chi connectivity index (χ4n) is 1.57. The predicted octanol–water partition coefficient (Wildman–Crippen LogP) is 1.69. The Hall–Kier alpha value is -2.04. The van der Waals surface area contributed by atoms with Crippen LogP contribution < -0.4 is 0 Å². The van der Waals surface area contributed by atoms with Crippen LogP contribution in [-0.4, -0.2) is 20.5 Å². The van der Waals surface area contributed by atoms with Crippen molar-refractivity contribution in [3.8, 4) is 0 Å². The second-order valence-corrected chi connectivity index (χ2v) is 3.88. The van der Waals surface area contributed by atoms with E-state index in [1.165, 1.54) is 17.1 Å². The van der Waals surface area contributed by atoms with Crippen molar-refractivity contribution in [2.24, 2.45) is 7.05 Å². The van der Waals surface area contributed by atoms with Gasteiger partial charge < -0.3 is 0 Å². The Labute approximate surface area is 98.1 Å². The molecular formula is C12H12FN3O. The molecule has 0 saturated carbocycles. The van der Waals surface area contributed by atoms with Crippen molar-refractivity contribution in [2.75, 3.05) is 0 Å². The van der Waals surface area contributed by atoms with Crippen LogP contribution in [0, 0.1) is 12.7 Å². The molecule has 0 bridgehead atoms. The van der Waals surface area contributed by atoms with E-state index >= 15 is 0 Å². The van der Waals surface area contributed by atoms with Gasteiger partial charge in [-0.1, -0.05) is 11.6 Å². The molecule has 4 nitrogen and oxygen atoms in total. The number of hydrogen-bond acceptors (Lipinski definition) is 3. The van der Waals surface area contributed by atoms with E-state index in [-0.39, 0.29) is 17.8 Å². The van der Waals surface area contributed by atoms with Gasteiger partial charge in [0.05, 0.1) is 12.0 Å². The Morgan fingerprint density at radius 2 is 2.24 bits per heavy atom. The number of benzene rings is 1. The molecule has 0 aliphatic carbocycles. The Morgan fingerprint density at radius 1 is 1.47 bits per heavy atom. The molecule has 0 fully saturated rings. The summed E-state index contributed by atoms with van der Waals surface area (Å²) < 4.78 is 15.0. The van der Waals surface area contributed by atoms with E-state index in [1.54, 1.807) is 19.2 Å². The molecule has 1 aromatic heterocycles. The number of nitrogens with zero attached hydrogens (tertiary/aromatic N) is 3. The number of halogens is 1. The maximum absolute atomic E-state index is 13.5. The van der Waals surface area contributed by atoms with Gasteiger partial charge in [0.1, 0.15) is 18.0 Å². The second kappa shape index (κ2) is 4.45. The zero-order chi connectivity index (χ0) is 12.4. The molecule has 0 unspecified atom stereocenters. The van der Waals surface area contributed by atoms with Gasteiger partial charge in [0.25, 0.3) is 0 Å². The number of aryl methyl sites for hydroxylation is 2. The lowest BCUT2D eigenvalue weighted by molar-refractivity contribution is 0.0985. The zero-order valence-corrected chi connectivity index (χ0v) is 9.64. The Balaban J connectivity index is 2.26. The van der Waals surface area contributed by atoms with Gasteiger partial charge in [0, 0.05) is 7.05 Å². The molecular weight excluding hydrogens is 221 g/mol. The van der Waals surface area contributed by atoms with E-state index in [4.69, 9.17) is 0 Å². The highest BCUT2D eigenvalue weighted by molar-refractivity contribution is 5.97. The monoisotopic (exact) mass is 233 g/mol. The van der Waals surface area contributed by atoms with Crippen molar-refractivity contribution in [2.45, 2.75) is 13.3 Å². The quantitative estimate of drug-likeness (QED) is 0.758. The summed E-state index contributed by atoms with van der Waals surface area (Å²) in [6, 6.07) is 4.49. The lowest BCUT2D eigenvalue weighted by Crippen LogP contribution is -2.10. The van der Waals surface area contributed by atoms with Crippen molar-refractivity contribution >= 4 is 5.78 Å². The van der Waals surface area contributed by atoms with Crippen LogP contribution in [0.2, 0.25) is 0 Å². The average molecular weight is 233 g/mol. The summed E-state index contributed by atoms with van der Waals surface area (Å²) >= 11 is 0. The molecule has 0 saturated heterocycles. The standard InChI is InChI=1S/C12H12FN3O/c1-8-3-4-10(13)9(5-8)11(17)6-12-14-7-15-16(12)2/h3-5,7H,6H2,1-2H3. The zero-order valence-electron chi connectivity index (χ0n) is 9.64. The van der Waals surface area contributed by atoms with Crippen LogP contribution in [0.15, 0.2) is 24.5 Å². The maximum atomic E-state index is 13.5. The minimum atomic E-state index is -0.497. The normalized spacial score (nSPS) is 10.5. The number of rotatable bonds is 3. The summed E-state index contributed by atoms with van der Waals surface area (Å²) in [5.41, 5.74) is 0.959. The van der Waals surface area contributed by atoms with E-state index in [9.17, 15) is 9.18 Å². The van der Waals surface area contributed by atoms with Gasteiger partial charge in [-0.3, -0.25) is 9.48 Å². The minimum Gasteiger partial charge on any atom is -0.294 e. The van der Waals surface area contributed by atoms with Crippen LogP contribution in [0.1, 0.15) is 21.7 Å². The Kier molecular flexibility index (Phi) is 2.99. The van der Waals surface area contributed by atoms with E-state index < -0.39 is 5.82 Å². The Morgan fingerprint density at radius 3 is 2.88 bits per heavy atom.